The second kappa shape index (κ2) is 6.43. The Morgan fingerprint density at radius 3 is 2.38 bits per heavy atom. The molecule has 1 aliphatic heterocycles. The van der Waals surface area contributed by atoms with Gasteiger partial charge in [-0.25, -0.2) is 21.6 Å². The van der Waals surface area contributed by atoms with E-state index in [1.165, 1.54) is 24.3 Å². The van der Waals surface area contributed by atoms with Gasteiger partial charge in [0, 0.05) is 25.5 Å². The third kappa shape index (κ3) is 4.26. The standard InChI is InChI=1S/C13H19NO5S2/c1-20(15,16)12-6-2-3-7-13(12)21(17,18)14-11-5-4-9-19-10-8-11/h2-3,6-7,11,14H,4-5,8-10H2,1H3. The highest BCUT2D eigenvalue weighted by Crippen LogP contribution is 2.21. The maximum atomic E-state index is 12.5. The van der Waals surface area contributed by atoms with Crippen LogP contribution in [-0.4, -0.2) is 42.3 Å². The molecule has 1 unspecified atom stereocenters. The molecule has 0 amide bonds. The van der Waals surface area contributed by atoms with Crippen LogP contribution in [-0.2, 0) is 24.6 Å². The lowest BCUT2D eigenvalue weighted by Crippen LogP contribution is -2.35. The van der Waals surface area contributed by atoms with E-state index in [2.05, 4.69) is 4.72 Å². The van der Waals surface area contributed by atoms with Crippen LogP contribution in [0.25, 0.3) is 0 Å². The smallest absolute Gasteiger partial charge is 0.242 e. The Balaban J connectivity index is 2.32. The Bertz CT molecular complexity index is 689. The van der Waals surface area contributed by atoms with Gasteiger partial charge in [0.25, 0.3) is 0 Å². The molecule has 1 fully saturated rings. The number of ether oxygens (including phenoxy) is 1. The third-order valence-corrected chi connectivity index (χ3v) is 6.17. The van der Waals surface area contributed by atoms with E-state index in [1.807, 2.05) is 0 Å². The fourth-order valence-electron chi connectivity index (χ4n) is 2.28. The van der Waals surface area contributed by atoms with Gasteiger partial charge < -0.3 is 4.74 Å². The first-order valence-electron chi connectivity index (χ1n) is 6.70. The van der Waals surface area contributed by atoms with Gasteiger partial charge in [-0.05, 0) is 31.4 Å². The summed E-state index contributed by atoms with van der Waals surface area (Å²) in [4.78, 5) is -0.375. The van der Waals surface area contributed by atoms with Gasteiger partial charge in [0.2, 0.25) is 10.0 Å². The summed E-state index contributed by atoms with van der Waals surface area (Å²) in [5.41, 5.74) is 0. The molecule has 1 aromatic rings. The second-order valence-corrected chi connectivity index (χ2v) is 8.75. The number of sulfone groups is 1. The molecule has 0 aliphatic carbocycles. The summed E-state index contributed by atoms with van der Waals surface area (Å²) in [6.07, 6.45) is 3.04. The summed E-state index contributed by atoms with van der Waals surface area (Å²) < 4.78 is 56.3. The molecule has 6 nitrogen and oxygen atoms in total. The van der Waals surface area contributed by atoms with Crippen molar-refractivity contribution < 1.29 is 21.6 Å². The van der Waals surface area contributed by atoms with Crippen molar-refractivity contribution in [2.24, 2.45) is 0 Å². The zero-order chi connectivity index (χ0) is 15.5. The minimum atomic E-state index is -3.87. The van der Waals surface area contributed by atoms with Crippen LogP contribution in [0.2, 0.25) is 0 Å². The van der Waals surface area contributed by atoms with E-state index < -0.39 is 19.9 Å². The molecule has 0 aromatic heterocycles. The number of hydrogen-bond donors (Lipinski definition) is 1. The van der Waals surface area contributed by atoms with Crippen LogP contribution >= 0.6 is 0 Å². The van der Waals surface area contributed by atoms with Gasteiger partial charge in [-0.3, -0.25) is 0 Å². The molecule has 8 heteroatoms. The number of hydrogen-bond acceptors (Lipinski definition) is 5. The lowest BCUT2D eigenvalue weighted by molar-refractivity contribution is 0.143. The quantitative estimate of drug-likeness (QED) is 0.885. The van der Waals surface area contributed by atoms with Crippen molar-refractivity contribution in [2.75, 3.05) is 19.5 Å². The molecule has 0 saturated carbocycles. The minimum absolute atomic E-state index is 0.178. The van der Waals surface area contributed by atoms with Gasteiger partial charge in [-0.15, -0.1) is 0 Å². The predicted molar refractivity (Wildman–Crippen MR) is 78.3 cm³/mol. The maximum Gasteiger partial charge on any atom is 0.242 e. The van der Waals surface area contributed by atoms with Crippen LogP contribution in [0.1, 0.15) is 19.3 Å². The van der Waals surface area contributed by atoms with Crippen LogP contribution in [0.5, 0.6) is 0 Å². The Morgan fingerprint density at radius 2 is 1.71 bits per heavy atom. The predicted octanol–water partition coefficient (Wildman–Crippen LogP) is 0.938. The Hall–Kier alpha value is -0.960. The fraction of sp³-hybridized carbons (Fsp3) is 0.538. The second-order valence-electron chi connectivity index (χ2n) is 5.08. The molecule has 1 saturated heterocycles. The van der Waals surface area contributed by atoms with E-state index in [4.69, 9.17) is 4.74 Å². The molecule has 0 radical (unpaired) electrons. The SMILES string of the molecule is CS(=O)(=O)c1ccccc1S(=O)(=O)NC1CCCOCC1. The third-order valence-electron chi connectivity index (χ3n) is 3.31. The van der Waals surface area contributed by atoms with Crippen molar-refractivity contribution >= 4 is 19.9 Å². The van der Waals surface area contributed by atoms with Crippen molar-refractivity contribution in [1.29, 1.82) is 0 Å². The Kier molecular flexibility index (Phi) is 5.03. The Labute approximate surface area is 125 Å². The van der Waals surface area contributed by atoms with E-state index >= 15 is 0 Å². The molecule has 1 aliphatic rings. The van der Waals surface area contributed by atoms with E-state index in [0.29, 0.717) is 26.1 Å². The van der Waals surface area contributed by atoms with Gasteiger partial charge in [0.1, 0.15) is 4.90 Å². The van der Waals surface area contributed by atoms with Crippen LogP contribution in [0.15, 0.2) is 34.1 Å². The normalized spacial score (nSPS) is 20.9. The monoisotopic (exact) mass is 333 g/mol. The lowest BCUT2D eigenvalue weighted by atomic mass is 10.1. The molecular weight excluding hydrogens is 314 g/mol. The van der Waals surface area contributed by atoms with Crippen LogP contribution < -0.4 is 4.72 Å². The highest BCUT2D eigenvalue weighted by molar-refractivity contribution is 7.93. The summed E-state index contributed by atoms with van der Waals surface area (Å²) in [6.45, 7) is 1.12. The average Bonchev–Trinajstić information content (AvgIpc) is 2.66. The number of nitrogens with one attached hydrogen (secondary N) is 1. The zero-order valence-electron chi connectivity index (χ0n) is 11.8. The van der Waals surface area contributed by atoms with Gasteiger partial charge >= 0.3 is 0 Å². The highest BCUT2D eigenvalue weighted by atomic mass is 32.2. The lowest BCUT2D eigenvalue weighted by Gasteiger charge is -2.17. The topological polar surface area (TPSA) is 89.5 Å². The van der Waals surface area contributed by atoms with E-state index in [1.54, 1.807) is 0 Å². The number of sulfonamides is 1. The molecule has 1 N–H and O–H groups in total. The van der Waals surface area contributed by atoms with E-state index in [9.17, 15) is 16.8 Å². The van der Waals surface area contributed by atoms with E-state index in [-0.39, 0.29) is 15.8 Å². The molecule has 1 atom stereocenters. The van der Waals surface area contributed by atoms with Crippen molar-refractivity contribution in [3.05, 3.63) is 24.3 Å². The molecule has 118 valence electrons. The molecule has 21 heavy (non-hydrogen) atoms. The van der Waals surface area contributed by atoms with Gasteiger partial charge in [-0.2, -0.15) is 0 Å². The summed E-state index contributed by atoms with van der Waals surface area (Å²) in [5, 5.41) is 0. The first kappa shape index (κ1) is 16.4. The fourth-order valence-corrected chi connectivity index (χ4v) is 5.22. The average molecular weight is 333 g/mol. The van der Waals surface area contributed by atoms with Crippen molar-refractivity contribution in [1.82, 2.24) is 4.72 Å². The van der Waals surface area contributed by atoms with Crippen LogP contribution in [0.3, 0.4) is 0 Å². The summed E-state index contributed by atoms with van der Waals surface area (Å²) >= 11 is 0. The van der Waals surface area contributed by atoms with Gasteiger partial charge in [0.05, 0.1) is 4.90 Å². The molecule has 0 spiro atoms. The summed E-state index contributed by atoms with van der Waals surface area (Å²) in [7, 11) is -7.48. The van der Waals surface area contributed by atoms with Gasteiger partial charge in [0.15, 0.2) is 9.84 Å². The maximum absolute atomic E-state index is 12.5. The first-order chi connectivity index (χ1) is 9.81. The molecule has 2 rings (SSSR count). The van der Waals surface area contributed by atoms with Crippen molar-refractivity contribution in [2.45, 2.75) is 35.1 Å². The van der Waals surface area contributed by atoms with Crippen LogP contribution in [0.4, 0.5) is 0 Å². The van der Waals surface area contributed by atoms with Gasteiger partial charge in [-0.1, -0.05) is 12.1 Å². The molecular formula is C13H19NO5S2. The van der Waals surface area contributed by atoms with E-state index in [0.717, 1.165) is 12.7 Å². The largest absolute Gasteiger partial charge is 0.381 e. The molecule has 0 bridgehead atoms. The molecule has 1 aromatic carbocycles. The summed E-state index contributed by atoms with van der Waals surface area (Å²) in [5.74, 6) is 0. The first-order valence-corrected chi connectivity index (χ1v) is 10.1. The minimum Gasteiger partial charge on any atom is -0.381 e. The van der Waals surface area contributed by atoms with Crippen molar-refractivity contribution in [3.63, 3.8) is 0 Å². The Morgan fingerprint density at radius 1 is 1.05 bits per heavy atom. The van der Waals surface area contributed by atoms with Crippen LogP contribution in [0, 0.1) is 0 Å². The summed E-state index contributed by atoms with van der Waals surface area (Å²) in [6, 6.07) is 5.41. The number of rotatable bonds is 4. The molecule has 1 heterocycles. The number of benzene rings is 1. The highest BCUT2D eigenvalue weighted by Gasteiger charge is 2.26. The van der Waals surface area contributed by atoms with Crippen molar-refractivity contribution in [3.8, 4) is 0 Å². The zero-order valence-corrected chi connectivity index (χ0v) is 13.4.